The first-order chi connectivity index (χ1) is 9.58. The van der Waals surface area contributed by atoms with E-state index < -0.39 is 5.97 Å². The van der Waals surface area contributed by atoms with Crippen molar-refractivity contribution < 1.29 is 9.63 Å². The van der Waals surface area contributed by atoms with Gasteiger partial charge >= 0.3 is 5.97 Å². The van der Waals surface area contributed by atoms with Crippen molar-refractivity contribution in [3.63, 3.8) is 0 Å². The molecule has 0 N–H and O–H groups in total. The largest absolute Gasteiger partial charge is 0.331 e. The van der Waals surface area contributed by atoms with Gasteiger partial charge in [-0.3, -0.25) is 0 Å². The van der Waals surface area contributed by atoms with Crippen LogP contribution in [-0.2, 0) is 9.63 Å². The van der Waals surface area contributed by atoms with E-state index in [1.165, 1.54) is 6.92 Å². The standard InChI is InChI=1S/C16H14ClNO2/c1-11(18-20-12(2)19)15-5-3-4-6-16(15)13-7-9-14(17)10-8-13/h3-10H,1-2H3. The summed E-state index contributed by atoms with van der Waals surface area (Å²) in [6.07, 6.45) is 0. The normalized spacial score (nSPS) is 11.2. The predicted molar refractivity (Wildman–Crippen MR) is 80.9 cm³/mol. The molecular weight excluding hydrogens is 274 g/mol. The van der Waals surface area contributed by atoms with Crippen LogP contribution in [0.2, 0.25) is 5.02 Å². The molecule has 0 aliphatic carbocycles. The Morgan fingerprint density at radius 2 is 1.70 bits per heavy atom. The van der Waals surface area contributed by atoms with Gasteiger partial charge in [-0.2, -0.15) is 0 Å². The van der Waals surface area contributed by atoms with Crippen molar-refractivity contribution in [2.24, 2.45) is 5.16 Å². The number of carbonyl (C=O) groups is 1. The summed E-state index contributed by atoms with van der Waals surface area (Å²) in [5.74, 6) is -0.437. The second-order valence-electron chi connectivity index (χ2n) is 4.31. The van der Waals surface area contributed by atoms with Crippen LogP contribution in [0.15, 0.2) is 53.7 Å². The molecule has 0 aromatic heterocycles. The topological polar surface area (TPSA) is 38.7 Å². The van der Waals surface area contributed by atoms with Crippen molar-refractivity contribution in [1.29, 1.82) is 0 Å². The van der Waals surface area contributed by atoms with Gasteiger partial charge in [0, 0.05) is 17.5 Å². The summed E-state index contributed by atoms with van der Waals surface area (Å²) in [5, 5.41) is 4.53. The minimum Gasteiger partial charge on any atom is -0.318 e. The van der Waals surface area contributed by atoms with E-state index in [2.05, 4.69) is 5.16 Å². The van der Waals surface area contributed by atoms with Crippen LogP contribution in [0.4, 0.5) is 0 Å². The maximum absolute atomic E-state index is 10.8. The van der Waals surface area contributed by atoms with Crippen molar-refractivity contribution in [2.45, 2.75) is 13.8 Å². The average molecular weight is 288 g/mol. The molecule has 0 saturated carbocycles. The number of rotatable bonds is 3. The molecule has 0 spiro atoms. The summed E-state index contributed by atoms with van der Waals surface area (Å²) in [5.41, 5.74) is 3.60. The van der Waals surface area contributed by atoms with Crippen molar-refractivity contribution in [3.05, 3.63) is 59.1 Å². The summed E-state index contributed by atoms with van der Waals surface area (Å²) in [6, 6.07) is 15.4. The van der Waals surface area contributed by atoms with Gasteiger partial charge in [0.15, 0.2) is 0 Å². The van der Waals surface area contributed by atoms with Crippen LogP contribution >= 0.6 is 11.6 Å². The molecule has 0 unspecified atom stereocenters. The molecule has 0 radical (unpaired) electrons. The van der Waals surface area contributed by atoms with Gasteiger partial charge in [-0.1, -0.05) is 53.2 Å². The maximum atomic E-state index is 10.8. The van der Waals surface area contributed by atoms with E-state index in [4.69, 9.17) is 16.4 Å². The van der Waals surface area contributed by atoms with Gasteiger partial charge in [0.1, 0.15) is 0 Å². The number of hydrogen-bond donors (Lipinski definition) is 0. The lowest BCUT2D eigenvalue weighted by molar-refractivity contribution is -0.140. The second-order valence-corrected chi connectivity index (χ2v) is 4.75. The zero-order valence-corrected chi connectivity index (χ0v) is 12.0. The van der Waals surface area contributed by atoms with E-state index in [-0.39, 0.29) is 0 Å². The molecule has 0 fully saturated rings. The van der Waals surface area contributed by atoms with E-state index in [9.17, 15) is 4.79 Å². The molecule has 0 atom stereocenters. The van der Waals surface area contributed by atoms with Gasteiger partial charge in [-0.05, 0) is 30.2 Å². The lowest BCUT2D eigenvalue weighted by Crippen LogP contribution is -2.01. The number of benzene rings is 2. The van der Waals surface area contributed by atoms with Gasteiger partial charge in [0.25, 0.3) is 0 Å². The molecule has 3 nitrogen and oxygen atoms in total. The van der Waals surface area contributed by atoms with Crippen molar-refractivity contribution in [1.82, 2.24) is 0 Å². The maximum Gasteiger partial charge on any atom is 0.331 e. The summed E-state index contributed by atoms with van der Waals surface area (Å²) in [4.78, 5) is 15.5. The zero-order valence-electron chi connectivity index (χ0n) is 11.3. The molecule has 2 rings (SSSR count). The zero-order chi connectivity index (χ0) is 14.5. The fraction of sp³-hybridized carbons (Fsp3) is 0.125. The molecular formula is C16H14ClNO2. The van der Waals surface area contributed by atoms with Crippen LogP contribution < -0.4 is 0 Å². The molecule has 2 aromatic rings. The third-order valence-corrected chi connectivity index (χ3v) is 3.04. The van der Waals surface area contributed by atoms with Crippen LogP contribution in [0, 0.1) is 0 Å². The molecule has 0 heterocycles. The summed E-state index contributed by atoms with van der Waals surface area (Å²) >= 11 is 5.90. The van der Waals surface area contributed by atoms with E-state index in [1.54, 1.807) is 6.92 Å². The Morgan fingerprint density at radius 1 is 1.05 bits per heavy atom. The Labute approximate surface area is 122 Å². The summed E-state index contributed by atoms with van der Waals surface area (Å²) in [7, 11) is 0. The molecule has 4 heteroatoms. The molecule has 0 aliphatic heterocycles. The molecule has 0 amide bonds. The van der Waals surface area contributed by atoms with Crippen LogP contribution in [-0.4, -0.2) is 11.7 Å². The fourth-order valence-corrected chi connectivity index (χ4v) is 1.99. The number of nitrogens with zero attached hydrogens (tertiary/aromatic N) is 1. The SMILES string of the molecule is CC(=O)ON=C(C)c1ccccc1-c1ccc(Cl)cc1. The third-order valence-electron chi connectivity index (χ3n) is 2.78. The van der Waals surface area contributed by atoms with Crippen molar-refractivity contribution in [2.75, 3.05) is 0 Å². The number of hydrogen-bond acceptors (Lipinski definition) is 3. The Morgan fingerprint density at radius 3 is 2.35 bits per heavy atom. The molecule has 0 bridgehead atoms. The summed E-state index contributed by atoms with van der Waals surface area (Å²) < 4.78 is 0. The fourth-order valence-electron chi connectivity index (χ4n) is 1.86. The van der Waals surface area contributed by atoms with Gasteiger partial charge in [-0.15, -0.1) is 0 Å². The first kappa shape index (κ1) is 14.3. The van der Waals surface area contributed by atoms with Gasteiger partial charge in [-0.25, -0.2) is 4.79 Å². The Hall–Kier alpha value is -2.13. The molecule has 102 valence electrons. The quantitative estimate of drug-likeness (QED) is 0.480. The van der Waals surface area contributed by atoms with Crippen molar-refractivity contribution in [3.8, 4) is 11.1 Å². The highest BCUT2D eigenvalue weighted by Gasteiger charge is 2.08. The van der Waals surface area contributed by atoms with Gasteiger partial charge in [0.05, 0.1) is 5.71 Å². The average Bonchev–Trinajstić information content (AvgIpc) is 2.45. The predicted octanol–water partition coefficient (Wildman–Crippen LogP) is 4.29. The second kappa shape index (κ2) is 6.35. The highest BCUT2D eigenvalue weighted by Crippen LogP contribution is 2.25. The van der Waals surface area contributed by atoms with E-state index >= 15 is 0 Å². The molecule has 20 heavy (non-hydrogen) atoms. The molecule has 0 aliphatic rings. The van der Waals surface area contributed by atoms with Crippen LogP contribution in [0.5, 0.6) is 0 Å². The highest BCUT2D eigenvalue weighted by molar-refractivity contribution is 6.30. The van der Waals surface area contributed by atoms with Gasteiger partial charge < -0.3 is 4.84 Å². The first-order valence-electron chi connectivity index (χ1n) is 6.15. The van der Waals surface area contributed by atoms with Crippen molar-refractivity contribution >= 4 is 23.3 Å². The van der Waals surface area contributed by atoms with E-state index in [1.807, 2.05) is 48.5 Å². The smallest absolute Gasteiger partial charge is 0.318 e. The lowest BCUT2D eigenvalue weighted by Gasteiger charge is -2.09. The molecule has 0 saturated heterocycles. The number of halogens is 1. The number of oxime groups is 1. The first-order valence-corrected chi connectivity index (χ1v) is 6.53. The highest BCUT2D eigenvalue weighted by atomic mass is 35.5. The van der Waals surface area contributed by atoms with Crippen LogP contribution in [0.3, 0.4) is 0 Å². The Kier molecular flexibility index (Phi) is 4.53. The minimum absolute atomic E-state index is 0.437. The molecule has 2 aromatic carbocycles. The Balaban J connectivity index is 2.42. The van der Waals surface area contributed by atoms with E-state index in [0.29, 0.717) is 10.7 Å². The minimum atomic E-state index is -0.437. The van der Waals surface area contributed by atoms with Crippen LogP contribution in [0.1, 0.15) is 19.4 Å². The van der Waals surface area contributed by atoms with Crippen LogP contribution in [0.25, 0.3) is 11.1 Å². The third kappa shape index (κ3) is 3.45. The monoisotopic (exact) mass is 287 g/mol. The number of carbonyl (C=O) groups excluding carboxylic acids is 1. The van der Waals surface area contributed by atoms with E-state index in [0.717, 1.165) is 16.7 Å². The Bertz CT molecular complexity index is 648. The van der Waals surface area contributed by atoms with Gasteiger partial charge in [0.2, 0.25) is 0 Å². The summed E-state index contributed by atoms with van der Waals surface area (Å²) in [6.45, 7) is 3.12. The lowest BCUT2D eigenvalue weighted by atomic mass is 9.97.